The van der Waals surface area contributed by atoms with Gasteiger partial charge in [-0.25, -0.2) is 0 Å². The quantitative estimate of drug-likeness (QED) is 0.759. The van der Waals surface area contributed by atoms with Gasteiger partial charge in [0, 0.05) is 19.2 Å². The monoisotopic (exact) mass is 233 g/mol. The zero-order valence-electron chi connectivity index (χ0n) is 10.7. The van der Waals surface area contributed by atoms with Gasteiger partial charge in [0.15, 0.2) is 0 Å². The second-order valence-electron chi connectivity index (χ2n) is 5.17. The van der Waals surface area contributed by atoms with E-state index in [-0.39, 0.29) is 0 Å². The first kappa shape index (κ1) is 12.6. The molecule has 0 amide bonds. The molecule has 0 aromatic heterocycles. The molecule has 17 heavy (non-hydrogen) atoms. The molecule has 1 aromatic carbocycles. The number of hydrogen-bond acceptors (Lipinski definition) is 2. The van der Waals surface area contributed by atoms with Crippen molar-refractivity contribution < 1.29 is 5.11 Å². The molecule has 0 saturated heterocycles. The van der Waals surface area contributed by atoms with Crippen LogP contribution in [0.1, 0.15) is 49.7 Å². The van der Waals surface area contributed by atoms with E-state index in [9.17, 15) is 0 Å². The molecular formula is C15H23NO. The molecule has 1 aliphatic carbocycles. The molecule has 2 heteroatoms. The normalized spacial score (nSPS) is 17.1. The van der Waals surface area contributed by atoms with E-state index in [1.165, 1.54) is 24.0 Å². The lowest BCUT2D eigenvalue weighted by Gasteiger charge is -2.13. The Labute approximate surface area is 104 Å². The highest BCUT2D eigenvalue weighted by Gasteiger charge is 2.23. The van der Waals surface area contributed by atoms with Crippen LogP contribution in [0.5, 0.6) is 0 Å². The Morgan fingerprint density at radius 3 is 2.94 bits per heavy atom. The van der Waals surface area contributed by atoms with Crippen LogP contribution in [0.3, 0.4) is 0 Å². The minimum Gasteiger partial charge on any atom is -0.396 e. The van der Waals surface area contributed by atoms with Crippen LogP contribution in [0.25, 0.3) is 0 Å². The number of rotatable bonds is 7. The minimum absolute atomic E-state index is 0.295. The van der Waals surface area contributed by atoms with Gasteiger partial charge in [-0.15, -0.1) is 0 Å². The topological polar surface area (TPSA) is 32.3 Å². The van der Waals surface area contributed by atoms with Crippen molar-refractivity contribution in [1.29, 1.82) is 0 Å². The summed E-state index contributed by atoms with van der Waals surface area (Å²) < 4.78 is 0. The van der Waals surface area contributed by atoms with E-state index in [0.29, 0.717) is 12.6 Å². The summed E-state index contributed by atoms with van der Waals surface area (Å²) in [5.41, 5.74) is 2.89. The second kappa shape index (κ2) is 6.18. The summed E-state index contributed by atoms with van der Waals surface area (Å²) >= 11 is 0. The van der Waals surface area contributed by atoms with Crippen molar-refractivity contribution >= 4 is 0 Å². The zero-order chi connectivity index (χ0) is 12.1. The fraction of sp³-hybridized carbons (Fsp3) is 0.600. The van der Waals surface area contributed by atoms with Crippen LogP contribution < -0.4 is 5.32 Å². The molecule has 2 rings (SSSR count). The van der Waals surface area contributed by atoms with E-state index < -0.39 is 0 Å². The Hall–Kier alpha value is -0.860. The van der Waals surface area contributed by atoms with Crippen molar-refractivity contribution in [2.75, 3.05) is 6.61 Å². The predicted molar refractivity (Wildman–Crippen MR) is 71.0 cm³/mol. The van der Waals surface area contributed by atoms with Crippen LogP contribution in [-0.4, -0.2) is 17.8 Å². The van der Waals surface area contributed by atoms with E-state index in [1.807, 2.05) is 0 Å². The van der Waals surface area contributed by atoms with Crippen LogP contribution in [0, 0.1) is 0 Å². The van der Waals surface area contributed by atoms with E-state index in [2.05, 4.69) is 36.5 Å². The summed E-state index contributed by atoms with van der Waals surface area (Å²) in [7, 11) is 0. The molecule has 1 saturated carbocycles. The van der Waals surface area contributed by atoms with E-state index in [4.69, 9.17) is 5.11 Å². The highest BCUT2D eigenvalue weighted by atomic mass is 16.2. The first-order chi connectivity index (χ1) is 8.29. The third kappa shape index (κ3) is 4.14. The standard InChI is InChI=1S/C15H23NO/c1-12(4-3-9-17)16-11-13-5-2-6-15(10-13)14-7-8-14/h2,5-6,10,12,14,16-17H,3-4,7-9,11H2,1H3. The van der Waals surface area contributed by atoms with E-state index in [1.54, 1.807) is 0 Å². The maximum atomic E-state index is 8.78. The van der Waals surface area contributed by atoms with Gasteiger partial charge in [-0.2, -0.15) is 0 Å². The average Bonchev–Trinajstić information content (AvgIpc) is 3.18. The van der Waals surface area contributed by atoms with Gasteiger partial charge in [0.05, 0.1) is 0 Å². The lowest BCUT2D eigenvalue weighted by molar-refractivity contribution is 0.276. The fourth-order valence-corrected chi connectivity index (χ4v) is 2.17. The van der Waals surface area contributed by atoms with Gasteiger partial charge in [0.25, 0.3) is 0 Å². The lowest BCUT2D eigenvalue weighted by atomic mass is 10.1. The van der Waals surface area contributed by atoms with Gasteiger partial charge < -0.3 is 10.4 Å². The smallest absolute Gasteiger partial charge is 0.0431 e. The Balaban J connectivity index is 1.79. The summed E-state index contributed by atoms with van der Waals surface area (Å²) in [6.45, 7) is 3.41. The molecule has 0 heterocycles. The van der Waals surface area contributed by atoms with Gasteiger partial charge in [0.1, 0.15) is 0 Å². The van der Waals surface area contributed by atoms with E-state index >= 15 is 0 Å². The highest BCUT2D eigenvalue weighted by Crippen LogP contribution is 2.40. The molecule has 1 aliphatic rings. The van der Waals surface area contributed by atoms with Crippen LogP contribution in [0.4, 0.5) is 0 Å². The average molecular weight is 233 g/mol. The molecule has 94 valence electrons. The SMILES string of the molecule is CC(CCCO)NCc1cccc(C2CC2)c1. The highest BCUT2D eigenvalue weighted by molar-refractivity contribution is 5.29. The van der Waals surface area contributed by atoms with Crippen molar-refractivity contribution in [2.45, 2.75) is 51.1 Å². The summed E-state index contributed by atoms with van der Waals surface area (Å²) in [4.78, 5) is 0. The summed E-state index contributed by atoms with van der Waals surface area (Å²) in [6.07, 6.45) is 4.66. The predicted octanol–water partition coefficient (Wildman–Crippen LogP) is 2.81. The Bertz CT molecular complexity index is 347. The summed E-state index contributed by atoms with van der Waals surface area (Å²) in [5.74, 6) is 0.835. The molecule has 2 nitrogen and oxygen atoms in total. The van der Waals surface area contributed by atoms with Gasteiger partial charge in [-0.3, -0.25) is 0 Å². The van der Waals surface area contributed by atoms with Gasteiger partial charge in [0.2, 0.25) is 0 Å². The van der Waals surface area contributed by atoms with Crippen molar-refractivity contribution in [3.8, 4) is 0 Å². The van der Waals surface area contributed by atoms with Crippen LogP contribution in [0.15, 0.2) is 24.3 Å². The van der Waals surface area contributed by atoms with Gasteiger partial charge in [-0.05, 0) is 49.7 Å². The molecule has 1 aromatic rings. The van der Waals surface area contributed by atoms with Crippen molar-refractivity contribution in [3.63, 3.8) is 0 Å². The Morgan fingerprint density at radius 1 is 1.41 bits per heavy atom. The molecule has 0 bridgehead atoms. The number of aliphatic hydroxyl groups is 1. The molecule has 0 spiro atoms. The number of hydrogen-bond donors (Lipinski definition) is 2. The van der Waals surface area contributed by atoms with Crippen molar-refractivity contribution in [2.24, 2.45) is 0 Å². The molecule has 0 radical (unpaired) electrons. The number of aliphatic hydroxyl groups excluding tert-OH is 1. The van der Waals surface area contributed by atoms with Gasteiger partial charge in [-0.1, -0.05) is 24.3 Å². The minimum atomic E-state index is 0.295. The fourth-order valence-electron chi connectivity index (χ4n) is 2.17. The van der Waals surface area contributed by atoms with Crippen molar-refractivity contribution in [1.82, 2.24) is 5.32 Å². The molecule has 2 N–H and O–H groups in total. The first-order valence-electron chi connectivity index (χ1n) is 6.72. The third-order valence-corrected chi connectivity index (χ3v) is 3.45. The Kier molecular flexibility index (Phi) is 4.57. The largest absolute Gasteiger partial charge is 0.396 e. The van der Waals surface area contributed by atoms with Gasteiger partial charge >= 0.3 is 0 Å². The van der Waals surface area contributed by atoms with Crippen LogP contribution >= 0.6 is 0 Å². The van der Waals surface area contributed by atoms with E-state index in [0.717, 1.165) is 25.3 Å². The third-order valence-electron chi connectivity index (χ3n) is 3.45. The van der Waals surface area contributed by atoms with Crippen molar-refractivity contribution in [3.05, 3.63) is 35.4 Å². The van der Waals surface area contributed by atoms with Crippen LogP contribution in [-0.2, 0) is 6.54 Å². The maximum absolute atomic E-state index is 8.78. The number of benzene rings is 1. The maximum Gasteiger partial charge on any atom is 0.0431 e. The molecule has 1 unspecified atom stereocenters. The number of nitrogens with one attached hydrogen (secondary N) is 1. The second-order valence-corrected chi connectivity index (χ2v) is 5.17. The Morgan fingerprint density at radius 2 is 2.24 bits per heavy atom. The molecule has 1 atom stereocenters. The van der Waals surface area contributed by atoms with Crippen LogP contribution in [0.2, 0.25) is 0 Å². The molecule has 1 fully saturated rings. The summed E-state index contributed by atoms with van der Waals surface area (Å²) in [6, 6.07) is 9.42. The molecule has 0 aliphatic heterocycles. The zero-order valence-corrected chi connectivity index (χ0v) is 10.7. The first-order valence-corrected chi connectivity index (χ1v) is 6.72. The summed E-state index contributed by atoms with van der Waals surface area (Å²) in [5, 5.41) is 12.3. The lowest BCUT2D eigenvalue weighted by Crippen LogP contribution is -2.25. The molecular weight excluding hydrogens is 210 g/mol.